The summed E-state index contributed by atoms with van der Waals surface area (Å²) in [6, 6.07) is 0. The molecule has 0 saturated carbocycles. The molecular formula is C37H76O7Ti. The number of aliphatic hydroxyl groups is 1. The molecule has 0 bridgehead atoms. The molecule has 0 aliphatic carbocycles. The van der Waals surface area contributed by atoms with Gasteiger partial charge in [-0.05, 0) is 19.3 Å². The van der Waals surface area contributed by atoms with Crippen molar-refractivity contribution in [3.63, 3.8) is 0 Å². The Morgan fingerprint density at radius 1 is 0.311 bits per heavy atom. The number of hydrogen-bond donors (Lipinski definition) is 4. The summed E-state index contributed by atoms with van der Waals surface area (Å²) in [7, 11) is 1.00. The quantitative estimate of drug-likeness (QED) is 0.0438. The van der Waals surface area contributed by atoms with E-state index in [0.29, 0.717) is 19.3 Å². The van der Waals surface area contributed by atoms with Gasteiger partial charge in [-0.3, -0.25) is 14.4 Å². The van der Waals surface area contributed by atoms with Gasteiger partial charge >= 0.3 is 17.9 Å². The Bertz CT molecular complexity index is 483. The van der Waals surface area contributed by atoms with Crippen LogP contribution in [0.4, 0.5) is 0 Å². The molecule has 0 unspecified atom stereocenters. The summed E-state index contributed by atoms with van der Waals surface area (Å²) >= 11 is 0. The number of aliphatic hydroxyl groups excluding tert-OH is 1. The van der Waals surface area contributed by atoms with Crippen molar-refractivity contribution >= 4 is 17.9 Å². The second-order valence-electron chi connectivity index (χ2n) is 11.9. The van der Waals surface area contributed by atoms with Gasteiger partial charge in [0.25, 0.3) is 0 Å². The fourth-order valence-electron chi connectivity index (χ4n) is 4.76. The largest absolute Gasteiger partial charge is 0.481 e. The van der Waals surface area contributed by atoms with E-state index in [0.717, 1.165) is 45.6 Å². The summed E-state index contributed by atoms with van der Waals surface area (Å²) in [6.07, 6.45) is 34.4. The first kappa shape index (κ1) is 53.6. The van der Waals surface area contributed by atoms with Crippen LogP contribution in [0.5, 0.6) is 0 Å². The second-order valence-corrected chi connectivity index (χ2v) is 11.9. The van der Waals surface area contributed by atoms with Crippen molar-refractivity contribution in [3.8, 4) is 0 Å². The molecule has 0 saturated heterocycles. The van der Waals surface area contributed by atoms with Crippen LogP contribution in [0.2, 0.25) is 0 Å². The van der Waals surface area contributed by atoms with Gasteiger partial charge in [0.15, 0.2) is 0 Å². The molecule has 7 nitrogen and oxygen atoms in total. The molecule has 45 heavy (non-hydrogen) atoms. The van der Waals surface area contributed by atoms with E-state index in [1.54, 1.807) is 0 Å². The van der Waals surface area contributed by atoms with Crippen molar-refractivity contribution in [2.75, 3.05) is 7.11 Å². The monoisotopic (exact) mass is 681 g/mol. The standard InChI is InChI=1S/3C12H24O2.CH4O.Ti/c3*1-2-3-4-5-6-7-8-9-10-11-12(13)14;1-2;/h3*2-11H2,1H3,(H,13,14);2H,1H3;. The van der Waals surface area contributed by atoms with Crippen molar-refractivity contribution in [2.45, 2.75) is 213 Å². The topological polar surface area (TPSA) is 132 Å². The van der Waals surface area contributed by atoms with E-state index < -0.39 is 17.9 Å². The molecule has 0 aliphatic rings. The third kappa shape index (κ3) is 70.6. The first-order chi connectivity index (χ1) is 21.3. The smallest absolute Gasteiger partial charge is 0.303 e. The fraction of sp³-hybridized carbons (Fsp3) is 0.919. The summed E-state index contributed by atoms with van der Waals surface area (Å²) in [5.41, 5.74) is 0. The molecule has 0 aromatic heterocycles. The predicted octanol–water partition coefficient (Wildman–Crippen LogP) is 11.6. The van der Waals surface area contributed by atoms with Crippen LogP contribution in [0.25, 0.3) is 0 Å². The van der Waals surface area contributed by atoms with E-state index in [4.69, 9.17) is 20.4 Å². The van der Waals surface area contributed by atoms with Crippen LogP contribution >= 0.6 is 0 Å². The van der Waals surface area contributed by atoms with Gasteiger partial charge in [0.2, 0.25) is 0 Å². The normalized spacial score (nSPS) is 9.80. The van der Waals surface area contributed by atoms with Crippen LogP contribution in [0.3, 0.4) is 0 Å². The Morgan fingerprint density at radius 2 is 0.444 bits per heavy atom. The van der Waals surface area contributed by atoms with E-state index in [1.165, 1.54) is 135 Å². The average molecular weight is 681 g/mol. The summed E-state index contributed by atoms with van der Waals surface area (Å²) in [4.78, 5) is 30.6. The summed E-state index contributed by atoms with van der Waals surface area (Å²) in [5, 5.41) is 32.2. The van der Waals surface area contributed by atoms with Crippen molar-refractivity contribution < 1.29 is 56.5 Å². The Labute approximate surface area is 294 Å². The number of unbranched alkanes of at least 4 members (excludes halogenated alkanes) is 24. The van der Waals surface area contributed by atoms with E-state index in [9.17, 15) is 14.4 Å². The first-order valence-electron chi connectivity index (χ1n) is 18.4. The van der Waals surface area contributed by atoms with E-state index >= 15 is 0 Å². The first-order valence-corrected chi connectivity index (χ1v) is 18.4. The average Bonchev–Trinajstić information content (AvgIpc) is 3.00. The maximum absolute atomic E-state index is 10.2. The van der Waals surface area contributed by atoms with E-state index in [1.807, 2.05) is 0 Å². The molecule has 0 aliphatic heterocycles. The third-order valence-electron chi connectivity index (χ3n) is 7.48. The molecule has 0 amide bonds. The molecule has 0 fully saturated rings. The third-order valence-corrected chi connectivity index (χ3v) is 7.48. The second kappa shape index (κ2) is 52.6. The number of aliphatic carboxylic acids is 3. The maximum atomic E-state index is 10.2. The minimum absolute atomic E-state index is 0. The van der Waals surface area contributed by atoms with Gasteiger partial charge in [0, 0.05) is 48.1 Å². The predicted molar refractivity (Wildman–Crippen MR) is 187 cm³/mol. The number of carbonyl (C=O) groups is 3. The van der Waals surface area contributed by atoms with Crippen LogP contribution in [0.1, 0.15) is 213 Å². The van der Waals surface area contributed by atoms with E-state index in [2.05, 4.69) is 20.8 Å². The molecule has 8 heteroatoms. The molecule has 0 radical (unpaired) electrons. The van der Waals surface area contributed by atoms with Crippen molar-refractivity contribution in [1.82, 2.24) is 0 Å². The molecule has 0 aromatic carbocycles. The van der Waals surface area contributed by atoms with Crippen LogP contribution in [0, 0.1) is 0 Å². The SMILES string of the molecule is CCCCCCCCCCCC(=O)O.CCCCCCCCCCCC(=O)O.CCCCCCCCCCCC(=O)O.CO.[Ti]. The molecule has 0 spiro atoms. The molecule has 0 rings (SSSR count). The van der Waals surface area contributed by atoms with Crippen molar-refractivity contribution in [1.29, 1.82) is 0 Å². The van der Waals surface area contributed by atoms with Crippen LogP contribution in [-0.2, 0) is 36.1 Å². The van der Waals surface area contributed by atoms with Gasteiger partial charge in [-0.2, -0.15) is 0 Å². The number of rotatable bonds is 30. The summed E-state index contributed by atoms with van der Waals surface area (Å²) < 4.78 is 0. The number of carboxylic acids is 3. The van der Waals surface area contributed by atoms with Gasteiger partial charge in [0.05, 0.1) is 0 Å². The van der Waals surface area contributed by atoms with Crippen LogP contribution in [0.15, 0.2) is 0 Å². The molecule has 4 N–H and O–H groups in total. The number of carboxylic acid groups (broad SMARTS) is 3. The van der Waals surface area contributed by atoms with E-state index in [-0.39, 0.29) is 21.7 Å². The van der Waals surface area contributed by atoms with Crippen molar-refractivity contribution in [3.05, 3.63) is 0 Å². The zero-order valence-electron chi connectivity index (χ0n) is 30.2. The molecule has 0 atom stereocenters. The molecular weight excluding hydrogens is 604 g/mol. The molecule has 270 valence electrons. The minimum atomic E-state index is -0.659. The fourth-order valence-corrected chi connectivity index (χ4v) is 4.76. The molecule has 0 aromatic rings. The summed E-state index contributed by atoms with van der Waals surface area (Å²) in [6.45, 7) is 6.68. The number of hydrogen-bond acceptors (Lipinski definition) is 4. The Hall–Kier alpha value is -0.916. The summed E-state index contributed by atoms with van der Waals surface area (Å²) in [5.74, 6) is -1.98. The van der Waals surface area contributed by atoms with Crippen molar-refractivity contribution in [2.24, 2.45) is 0 Å². The zero-order chi connectivity index (χ0) is 33.9. The van der Waals surface area contributed by atoms with Gasteiger partial charge in [0.1, 0.15) is 0 Å². The molecule has 0 heterocycles. The zero-order valence-corrected chi connectivity index (χ0v) is 31.8. The van der Waals surface area contributed by atoms with Gasteiger partial charge in [-0.1, -0.05) is 175 Å². The minimum Gasteiger partial charge on any atom is -0.481 e. The van der Waals surface area contributed by atoms with Crippen LogP contribution < -0.4 is 0 Å². The Kier molecular flexibility index (Phi) is 62.6. The van der Waals surface area contributed by atoms with Gasteiger partial charge < -0.3 is 20.4 Å². The maximum Gasteiger partial charge on any atom is 0.303 e. The Morgan fingerprint density at radius 3 is 0.578 bits per heavy atom. The van der Waals surface area contributed by atoms with Crippen LogP contribution in [-0.4, -0.2) is 45.4 Å². The van der Waals surface area contributed by atoms with Gasteiger partial charge in [-0.25, -0.2) is 0 Å². The Balaban J connectivity index is -0.000000171. The van der Waals surface area contributed by atoms with Gasteiger partial charge in [-0.15, -0.1) is 0 Å².